The molecule has 0 saturated carbocycles. The van der Waals surface area contributed by atoms with Crippen LogP contribution in [0.5, 0.6) is 0 Å². The van der Waals surface area contributed by atoms with Crippen LogP contribution in [0.1, 0.15) is 31.0 Å². The summed E-state index contributed by atoms with van der Waals surface area (Å²) in [6.07, 6.45) is 5.25. The summed E-state index contributed by atoms with van der Waals surface area (Å²) in [5, 5.41) is 5.62. The van der Waals surface area contributed by atoms with Gasteiger partial charge >= 0.3 is 0 Å². The first-order valence-electron chi connectivity index (χ1n) is 12.0. The minimum atomic E-state index is -1.25. The monoisotopic (exact) mass is 491 g/mol. The fraction of sp³-hybridized carbons (Fsp3) is 0.333. The third kappa shape index (κ3) is 4.91. The fourth-order valence-electron chi connectivity index (χ4n) is 4.87. The molecular weight excluding hydrogens is 461 g/mol. The molecule has 2 atom stereocenters. The number of hydrogen-bond donors (Lipinski definition) is 0. The number of benzene rings is 2. The first-order valence-corrected chi connectivity index (χ1v) is 13.1. The highest BCUT2D eigenvalue weighted by molar-refractivity contribution is 7.82. The lowest BCUT2D eigenvalue weighted by Crippen LogP contribution is -2.49. The van der Waals surface area contributed by atoms with Crippen LogP contribution in [0.15, 0.2) is 72.0 Å². The van der Waals surface area contributed by atoms with Crippen molar-refractivity contribution in [3.8, 4) is 5.69 Å². The molecular formula is C27H30FN5OS. The predicted molar refractivity (Wildman–Crippen MR) is 137 cm³/mol. The summed E-state index contributed by atoms with van der Waals surface area (Å²) in [5.74, 6) is 0.262. The smallest absolute Gasteiger partial charge is 0.129 e. The average molecular weight is 492 g/mol. The molecule has 1 aliphatic rings. The van der Waals surface area contributed by atoms with Crippen molar-refractivity contribution in [3.63, 3.8) is 0 Å². The van der Waals surface area contributed by atoms with E-state index in [1.54, 1.807) is 24.5 Å². The molecule has 8 heteroatoms. The molecule has 182 valence electrons. The lowest BCUT2D eigenvalue weighted by atomic mass is 9.96. The van der Waals surface area contributed by atoms with Crippen LogP contribution >= 0.6 is 0 Å². The van der Waals surface area contributed by atoms with Crippen molar-refractivity contribution in [2.75, 3.05) is 26.2 Å². The highest BCUT2D eigenvalue weighted by atomic mass is 32.2. The largest absolute Gasteiger partial charge is 0.293 e. The van der Waals surface area contributed by atoms with Gasteiger partial charge in [-0.15, -0.1) is 0 Å². The summed E-state index contributed by atoms with van der Waals surface area (Å²) in [6.45, 7) is 9.84. The maximum Gasteiger partial charge on any atom is 0.129 e. The molecule has 6 nitrogen and oxygen atoms in total. The van der Waals surface area contributed by atoms with Gasteiger partial charge in [0.2, 0.25) is 0 Å². The molecule has 1 aliphatic heterocycles. The van der Waals surface area contributed by atoms with Crippen LogP contribution in [0, 0.1) is 18.7 Å². The second-order valence-electron chi connectivity index (χ2n) is 9.53. The van der Waals surface area contributed by atoms with Gasteiger partial charge in [-0.25, -0.2) is 17.6 Å². The van der Waals surface area contributed by atoms with Crippen molar-refractivity contribution in [1.82, 2.24) is 24.0 Å². The average Bonchev–Trinajstić information content (AvgIpc) is 3.26. The van der Waals surface area contributed by atoms with Crippen LogP contribution in [0.2, 0.25) is 0 Å². The van der Waals surface area contributed by atoms with E-state index in [9.17, 15) is 8.60 Å². The number of pyridine rings is 1. The van der Waals surface area contributed by atoms with Crippen LogP contribution in [0.25, 0.3) is 16.6 Å². The van der Waals surface area contributed by atoms with Crippen LogP contribution in [0.4, 0.5) is 4.39 Å². The van der Waals surface area contributed by atoms with Gasteiger partial charge in [0.05, 0.1) is 22.3 Å². The molecule has 3 heterocycles. The van der Waals surface area contributed by atoms with Crippen molar-refractivity contribution in [3.05, 3.63) is 84.1 Å². The summed E-state index contributed by atoms with van der Waals surface area (Å²) in [7, 11) is -1.25. The lowest BCUT2D eigenvalue weighted by Gasteiger charge is -2.42. The van der Waals surface area contributed by atoms with Gasteiger partial charge in [-0.1, -0.05) is 13.8 Å². The summed E-state index contributed by atoms with van der Waals surface area (Å²) in [5.41, 5.74) is 4.20. The molecule has 0 aliphatic carbocycles. The summed E-state index contributed by atoms with van der Waals surface area (Å²) in [4.78, 5) is 7.40. The Kier molecular flexibility index (Phi) is 6.77. The van der Waals surface area contributed by atoms with E-state index in [2.05, 4.69) is 52.2 Å². The minimum Gasteiger partial charge on any atom is -0.293 e. The standard InChI is InChI=1S/C27H30FN5OS/c1-19(2)17-31-11-12-32(35(34)24-5-4-10-29-16-24)18-27(31)25-14-21-15-30-33(26(21)13-20(25)3)23-8-6-22(28)7-9-23/h4-10,13-16,19,27H,11-12,17-18H2,1-3H3. The van der Waals surface area contributed by atoms with Crippen molar-refractivity contribution >= 4 is 21.9 Å². The molecule has 0 spiro atoms. The Morgan fingerprint density at radius 3 is 2.63 bits per heavy atom. The first kappa shape index (κ1) is 23.8. The number of fused-ring (bicyclic) bond motifs is 1. The summed E-state index contributed by atoms with van der Waals surface area (Å²) in [6, 6.07) is 14.6. The maximum atomic E-state index is 13.4. The Labute approximate surface area is 208 Å². The van der Waals surface area contributed by atoms with E-state index in [-0.39, 0.29) is 11.9 Å². The molecule has 4 aromatic rings. The Morgan fingerprint density at radius 2 is 1.91 bits per heavy atom. The normalized spacial score (nSPS) is 18.4. The summed E-state index contributed by atoms with van der Waals surface area (Å²) >= 11 is 0. The topological polar surface area (TPSA) is 54.3 Å². The van der Waals surface area contributed by atoms with E-state index in [1.807, 2.05) is 23.0 Å². The number of halogens is 1. The van der Waals surface area contributed by atoms with E-state index >= 15 is 0 Å². The van der Waals surface area contributed by atoms with Gasteiger partial charge in [0, 0.05) is 50.0 Å². The van der Waals surface area contributed by atoms with Crippen LogP contribution in [-0.2, 0) is 11.0 Å². The quantitative estimate of drug-likeness (QED) is 0.385. The van der Waals surface area contributed by atoms with Crippen molar-refractivity contribution in [1.29, 1.82) is 0 Å². The van der Waals surface area contributed by atoms with Crippen molar-refractivity contribution in [2.45, 2.75) is 31.7 Å². The number of nitrogens with zero attached hydrogens (tertiary/aromatic N) is 5. The Hall–Kier alpha value is -2.94. The van der Waals surface area contributed by atoms with Crippen LogP contribution in [0.3, 0.4) is 0 Å². The number of aromatic nitrogens is 3. The van der Waals surface area contributed by atoms with E-state index in [0.717, 1.165) is 46.7 Å². The number of rotatable bonds is 6. The third-order valence-electron chi connectivity index (χ3n) is 6.51. The van der Waals surface area contributed by atoms with Gasteiger partial charge in [-0.3, -0.25) is 9.88 Å². The van der Waals surface area contributed by atoms with Crippen LogP contribution < -0.4 is 0 Å². The molecule has 1 fully saturated rings. The number of hydrogen-bond acceptors (Lipinski definition) is 4. The van der Waals surface area contributed by atoms with Gasteiger partial charge in [0.15, 0.2) is 0 Å². The third-order valence-corrected chi connectivity index (χ3v) is 7.96. The molecule has 0 N–H and O–H groups in total. The zero-order valence-electron chi connectivity index (χ0n) is 20.3. The molecule has 1 saturated heterocycles. The minimum absolute atomic E-state index is 0.116. The Morgan fingerprint density at radius 1 is 1.11 bits per heavy atom. The molecule has 0 amide bonds. The van der Waals surface area contributed by atoms with Crippen LogP contribution in [-0.4, -0.2) is 54.4 Å². The highest BCUT2D eigenvalue weighted by Gasteiger charge is 2.32. The van der Waals surface area contributed by atoms with Crippen molar-refractivity contribution in [2.24, 2.45) is 5.92 Å². The second kappa shape index (κ2) is 9.97. The Bertz CT molecular complexity index is 1340. The van der Waals surface area contributed by atoms with Crippen molar-refractivity contribution < 1.29 is 8.60 Å². The van der Waals surface area contributed by atoms with Gasteiger partial charge < -0.3 is 0 Å². The maximum absolute atomic E-state index is 13.4. The molecule has 2 aromatic heterocycles. The number of piperazine rings is 1. The molecule has 35 heavy (non-hydrogen) atoms. The highest BCUT2D eigenvalue weighted by Crippen LogP contribution is 2.33. The first-order chi connectivity index (χ1) is 16.9. The SMILES string of the molecule is Cc1cc2c(cnn2-c2ccc(F)cc2)cc1C1CN(S(=O)c2cccnc2)CCN1CC(C)C. The van der Waals surface area contributed by atoms with Gasteiger partial charge in [0.1, 0.15) is 16.8 Å². The molecule has 2 aromatic carbocycles. The van der Waals surface area contributed by atoms with Gasteiger partial charge in [-0.2, -0.15) is 5.10 Å². The fourth-order valence-corrected chi connectivity index (χ4v) is 6.04. The zero-order valence-corrected chi connectivity index (χ0v) is 21.1. The zero-order chi connectivity index (χ0) is 24.5. The van der Waals surface area contributed by atoms with E-state index in [0.29, 0.717) is 12.5 Å². The Balaban J connectivity index is 1.50. The summed E-state index contributed by atoms with van der Waals surface area (Å²) < 4.78 is 30.7. The van der Waals surface area contributed by atoms with E-state index in [1.165, 1.54) is 17.7 Å². The lowest BCUT2D eigenvalue weighted by molar-refractivity contribution is 0.107. The van der Waals surface area contributed by atoms with E-state index in [4.69, 9.17) is 0 Å². The second-order valence-corrected chi connectivity index (χ2v) is 11.0. The molecule has 5 rings (SSSR count). The van der Waals surface area contributed by atoms with Gasteiger partial charge in [-0.05, 0) is 72.5 Å². The van der Waals surface area contributed by atoms with Gasteiger partial charge in [0.25, 0.3) is 0 Å². The molecule has 0 radical (unpaired) electrons. The van der Waals surface area contributed by atoms with E-state index < -0.39 is 11.0 Å². The number of aryl methyl sites for hydroxylation is 1. The molecule has 0 bridgehead atoms. The predicted octanol–water partition coefficient (Wildman–Crippen LogP) is 4.91. The molecule has 2 unspecified atom stereocenters.